The van der Waals surface area contributed by atoms with Gasteiger partial charge < -0.3 is 5.32 Å². The van der Waals surface area contributed by atoms with Gasteiger partial charge in [-0.15, -0.1) is 0 Å². The average Bonchev–Trinajstić information content (AvgIpc) is 3.34. The minimum absolute atomic E-state index is 0.105. The summed E-state index contributed by atoms with van der Waals surface area (Å²) in [5.41, 5.74) is -0.368. The third-order valence-corrected chi connectivity index (χ3v) is 5.98. The van der Waals surface area contributed by atoms with Crippen LogP contribution in [0.2, 0.25) is 0 Å². The number of aromatic nitrogens is 4. The van der Waals surface area contributed by atoms with Crippen molar-refractivity contribution in [1.82, 2.24) is 24.9 Å². The van der Waals surface area contributed by atoms with E-state index in [1.54, 1.807) is 6.92 Å². The van der Waals surface area contributed by atoms with Crippen molar-refractivity contribution >= 4 is 21.8 Å². The fourth-order valence-electron chi connectivity index (χ4n) is 3.19. The van der Waals surface area contributed by atoms with Crippen LogP contribution < -0.4 is 5.32 Å². The van der Waals surface area contributed by atoms with E-state index in [0.717, 1.165) is 18.9 Å². The Morgan fingerprint density at radius 3 is 2.53 bits per heavy atom. The first-order valence-corrected chi connectivity index (χ1v) is 10.2. The SMILES string of the molecule is Cc1c(Br)c(C(F)F)nn1C(C)C(=O)NCCCn1nc(C(F)(F)F)cc1C1CC1. The van der Waals surface area contributed by atoms with Crippen LogP contribution in [-0.2, 0) is 17.5 Å². The first kappa shape index (κ1) is 22.7. The van der Waals surface area contributed by atoms with E-state index >= 15 is 0 Å². The Morgan fingerprint density at radius 2 is 2.00 bits per heavy atom. The lowest BCUT2D eigenvalue weighted by Gasteiger charge is -2.15. The molecule has 1 aliphatic rings. The summed E-state index contributed by atoms with van der Waals surface area (Å²) in [5.74, 6) is -0.318. The zero-order valence-electron chi connectivity index (χ0n) is 16.3. The number of hydrogen-bond donors (Lipinski definition) is 1. The van der Waals surface area contributed by atoms with Gasteiger partial charge in [0.05, 0.1) is 10.2 Å². The highest BCUT2D eigenvalue weighted by Crippen LogP contribution is 2.42. The maximum atomic E-state index is 13.0. The second kappa shape index (κ2) is 8.64. The predicted octanol–water partition coefficient (Wildman–Crippen LogP) is 4.75. The number of amides is 1. The van der Waals surface area contributed by atoms with Crippen LogP contribution in [0.4, 0.5) is 22.0 Å². The van der Waals surface area contributed by atoms with Gasteiger partial charge in [-0.1, -0.05) is 0 Å². The molecule has 2 aromatic heterocycles. The summed E-state index contributed by atoms with van der Waals surface area (Å²) >= 11 is 3.06. The maximum absolute atomic E-state index is 13.0. The standard InChI is InChI=1S/C18H21BrF5N5O/c1-9-14(19)15(16(20)21)27-29(9)10(2)17(30)25-6-3-7-28-12(11-4-5-11)8-13(26-28)18(22,23)24/h8,10-11,16H,3-7H2,1-2H3,(H,25,30). The first-order chi connectivity index (χ1) is 14.0. The molecule has 0 spiro atoms. The van der Waals surface area contributed by atoms with E-state index in [1.165, 1.54) is 16.3 Å². The number of halogens is 6. The lowest BCUT2D eigenvalue weighted by Crippen LogP contribution is -2.33. The number of nitrogens with one attached hydrogen (secondary N) is 1. The van der Waals surface area contributed by atoms with Gasteiger partial charge >= 0.3 is 6.18 Å². The van der Waals surface area contributed by atoms with Crippen LogP contribution in [0.15, 0.2) is 10.5 Å². The first-order valence-electron chi connectivity index (χ1n) is 9.46. The van der Waals surface area contributed by atoms with E-state index in [9.17, 15) is 26.7 Å². The Bertz CT molecular complexity index is 919. The third kappa shape index (κ3) is 4.84. The van der Waals surface area contributed by atoms with Crippen molar-refractivity contribution in [3.05, 3.63) is 33.3 Å². The summed E-state index contributed by atoms with van der Waals surface area (Å²) in [7, 11) is 0. The molecule has 1 aliphatic carbocycles. The zero-order valence-corrected chi connectivity index (χ0v) is 17.9. The fourth-order valence-corrected chi connectivity index (χ4v) is 3.63. The van der Waals surface area contributed by atoms with Crippen molar-refractivity contribution < 1.29 is 26.7 Å². The summed E-state index contributed by atoms with van der Waals surface area (Å²) < 4.78 is 67.5. The molecule has 12 heteroatoms. The number of aryl methyl sites for hydroxylation is 1. The molecule has 166 valence electrons. The van der Waals surface area contributed by atoms with Crippen molar-refractivity contribution in [2.45, 2.75) is 64.2 Å². The number of carbonyl (C=O) groups excluding carboxylic acids is 1. The minimum Gasteiger partial charge on any atom is -0.354 e. The molecule has 1 saturated carbocycles. The molecule has 1 unspecified atom stereocenters. The van der Waals surface area contributed by atoms with Gasteiger partial charge in [0.2, 0.25) is 5.91 Å². The van der Waals surface area contributed by atoms with Gasteiger partial charge in [-0.05, 0) is 55.1 Å². The van der Waals surface area contributed by atoms with E-state index in [-0.39, 0.29) is 23.5 Å². The van der Waals surface area contributed by atoms with Crippen molar-refractivity contribution in [1.29, 1.82) is 0 Å². The molecule has 1 fully saturated rings. The number of alkyl halides is 5. The van der Waals surface area contributed by atoms with Gasteiger partial charge in [0.25, 0.3) is 6.43 Å². The van der Waals surface area contributed by atoms with Gasteiger partial charge in [0.1, 0.15) is 11.7 Å². The van der Waals surface area contributed by atoms with Gasteiger partial charge in [-0.25, -0.2) is 8.78 Å². The molecule has 0 aliphatic heterocycles. The zero-order chi connectivity index (χ0) is 22.2. The highest BCUT2D eigenvalue weighted by Gasteiger charge is 2.37. The molecule has 30 heavy (non-hydrogen) atoms. The van der Waals surface area contributed by atoms with Crippen molar-refractivity contribution in [3.8, 4) is 0 Å². The fraction of sp³-hybridized carbons (Fsp3) is 0.611. The van der Waals surface area contributed by atoms with Crippen LogP contribution in [0.25, 0.3) is 0 Å². The average molecular weight is 498 g/mol. The summed E-state index contributed by atoms with van der Waals surface area (Å²) in [6.07, 6.45) is -5.20. The summed E-state index contributed by atoms with van der Waals surface area (Å²) in [6.45, 7) is 3.55. The van der Waals surface area contributed by atoms with Crippen molar-refractivity contribution in [2.75, 3.05) is 6.54 Å². The van der Waals surface area contributed by atoms with Crippen molar-refractivity contribution in [3.63, 3.8) is 0 Å². The highest BCUT2D eigenvalue weighted by atomic mass is 79.9. The third-order valence-electron chi connectivity index (χ3n) is 5.00. The molecular formula is C18H21BrF5N5O. The molecular weight excluding hydrogens is 477 g/mol. The van der Waals surface area contributed by atoms with Crippen LogP contribution >= 0.6 is 15.9 Å². The molecule has 6 nitrogen and oxygen atoms in total. The van der Waals surface area contributed by atoms with E-state index in [2.05, 4.69) is 31.4 Å². The van der Waals surface area contributed by atoms with E-state index in [0.29, 0.717) is 17.8 Å². The van der Waals surface area contributed by atoms with E-state index in [4.69, 9.17) is 0 Å². The predicted molar refractivity (Wildman–Crippen MR) is 101 cm³/mol. The van der Waals surface area contributed by atoms with Crippen molar-refractivity contribution in [2.24, 2.45) is 0 Å². The van der Waals surface area contributed by atoms with Gasteiger partial charge in [-0.3, -0.25) is 14.2 Å². The van der Waals surface area contributed by atoms with Gasteiger partial charge in [-0.2, -0.15) is 23.4 Å². The van der Waals surface area contributed by atoms with Crippen LogP contribution in [-0.4, -0.2) is 32.0 Å². The Labute approximate surface area is 177 Å². The summed E-state index contributed by atoms with van der Waals surface area (Å²) in [6, 6.07) is 0.273. The number of hydrogen-bond acceptors (Lipinski definition) is 3. The smallest absolute Gasteiger partial charge is 0.354 e. The lowest BCUT2D eigenvalue weighted by molar-refractivity contribution is -0.141. The number of carbonyl (C=O) groups is 1. The largest absolute Gasteiger partial charge is 0.435 e. The molecule has 1 N–H and O–H groups in total. The Morgan fingerprint density at radius 1 is 1.33 bits per heavy atom. The van der Waals surface area contributed by atoms with Crippen LogP contribution in [0.5, 0.6) is 0 Å². The second-order valence-electron chi connectivity index (χ2n) is 7.30. The van der Waals surface area contributed by atoms with Crippen LogP contribution in [0, 0.1) is 6.92 Å². The maximum Gasteiger partial charge on any atom is 0.435 e. The van der Waals surface area contributed by atoms with Crippen LogP contribution in [0.3, 0.4) is 0 Å². The van der Waals surface area contributed by atoms with Gasteiger partial charge in [0.15, 0.2) is 5.69 Å². The summed E-state index contributed by atoms with van der Waals surface area (Å²) in [5, 5.41) is 10.2. The normalized spacial score (nSPS) is 15.6. The monoisotopic (exact) mass is 497 g/mol. The molecule has 0 bridgehead atoms. The number of rotatable bonds is 8. The molecule has 0 aromatic carbocycles. The van der Waals surface area contributed by atoms with E-state index in [1.807, 2.05) is 0 Å². The highest BCUT2D eigenvalue weighted by molar-refractivity contribution is 9.10. The minimum atomic E-state index is -4.49. The summed E-state index contributed by atoms with van der Waals surface area (Å²) in [4.78, 5) is 12.4. The molecule has 1 atom stereocenters. The Hall–Kier alpha value is -1.98. The molecule has 3 rings (SSSR count). The van der Waals surface area contributed by atoms with E-state index < -0.39 is 35.9 Å². The van der Waals surface area contributed by atoms with Gasteiger partial charge in [0, 0.05) is 24.7 Å². The molecule has 0 radical (unpaired) electrons. The second-order valence-corrected chi connectivity index (χ2v) is 8.09. The Balaban J connectivity index is 1.57. The molecule has 2 aromatic rings. The molecule has 2 heterocycles. The quantitative estimate of drug-likeness (QED) is 0.422. The topological polar surface area (TPSA) is 64.7 Å². The Kier molecular flexibility index (Phi) is 6.54. The number of nitrogens with zero attached hydrogens (tertiary/aromatic N) is 4. The molecule has 1 amide bonds. The van der Waals surface area contributed by atoms with Crippen LogP contribution in [0.1, 0.15) is 67.3 Å². The lowest BCUT2D eigenvalue weighted by atomic mass is 10.2. The molecule has 0 saturated heterocycles.